The van der Waals surface area contributed by atoms with Gasteiger partial charge in [-0.25, -0.2) is 8.42 Å². The lowest BCUT2D eigenvalue weighted by Gasteiger charge is -2.33. The van der Waals surface area contributed by atoms with Crippen molar-refractivity contribution >= 4 is 27.3 Å². The summed E-state index contributed by atoms with van der Waals surface area (Å²) in [5.41, 5.74) is 1.45. The molecule has 2 aromatic carbocycles. The summed E-state index contributed by atoms with van der Waals surface area (Å²) in [7, 11) is -3.71. The lowest BCUT2D eigenvalue weighted by Crippen LogP contribution is -2.42. The highest BCUT2D eigenvalue weighted by atomic mass is 35.5. The third-order valence-corrected chi connectivity index (χ3v) is 5.54. The molecule has 1 heterocycles. The number of benzene rings is 2. The molecule has 0 saturated carbocycles. The molecular weight excluding hydrogens is 310 g/mol. The van der Waals surface area contributed by atoms with Gasteiger partial charge < -0.3 is 5.11 Å². The number of hydrogen-bond acceptors (Lipinski definition) is 3. The Morgan fingerprint density at radius 3 is 2.48 bits per heavy atom. The Morgan fingerprint density at radius 2 is 1.76 bits per heavy atom. The number of β-amino-alcohol motifs (C(OH)–C–C–N with tert-alkyl or cyclic N) is 1. The normalized spacial score (nSPS) is 18.4. The molecule has 1 aliphatic heterocycles. The Labute approximate surface area is 128 Å². The predicted octanol–water partition coefficient (Wildman–Crippen LogP) is 2.45. The highest BCUT2D eigenvalue weighted by Crippen LogP contribution is 2.32. The maximum atomic E-state index is 12.8. The maximum absolute atomic E-state index is 12.8. The number of sulfonamides is 1. The standard InChI is InChI=1S/C15H14ClNO3S/c16-12-5-7-14(8-6-12)21(19,20)17-10-13(18)9-11-3-1-2-4-15(11)17/h1-8,13,18H,9-10H2. The summed E-state index contributed by atoms with van der Waals surface area (Å²) >= 11 is 5.80. The minimum Gasteiger partial charge on any atom is -0.391 e. The van der Waals surface area contributed by atoms with Gasteiger partial charge in [0.1, 0.15) is 0 Å². The number of aliphatic hydroxyl groups excluding tert-OH is 1. The monoisotopic (exact) mass is 323 g/mol. The first-order valence-electron chi connectivity index (χ1n) is 6.53. The van der Waals surface area contributed by atoms with E-state index in [9.17, 15) is 13.5 Å². The van der Waals surface area contributed by atoms with Crippen molar-refractivity contribution in [2.45, 2.75) is 17.4 Å². The molecule has 0 saturated heterocycles. The van der Waals surface area contributed by atoms with E-state index in [1.54, 1.807) is 24.3 Å². The van der Waals surface area contributed by atoms with Crippen molar-refractivity contribution in [1.29, 1.82) is 0 Å². The molecule has 0 fully saturated rings. The van der Waals surface area contributed by atoms with E-state index in [1.807, 2.05) is 12.1 Å². The first kappa shape index (κ1) is 14.4. The van der Waals surface area contributed by atoms with E-state index >= 15 is 0 Å². The molecule has 1 aliphatic rings. The van der Waals surface area contributed by atoms with Crippen LogP contribution in [-0.2, 0) is 16.4 Å². The minimum absolute atomic E-state index is 0.0575. The summed E-state index contributed by atoms with van der Waals surface area (Å²) in [6.07, 6.45) is -0.245. The van der Waals surface area contributed by atoms with Crippen LogP contribution in [0.5, 0.6) is 0 Å². The lowest BCUT2D eigenvalue weighted by molar-refractivity contribution is 0.180. The molecule has 3 rings (SSSR count). The van der Waals surface area contributed by atoms with E-state index < -0.39 is 16.1 Å². The quantitative estimate of drug-likeness (QED) is 0.923. The van der Waals surface area contributed by atoms with Crippen LogP contribution in [-0.4, -0.2) is 26.2 Å². The molecule has 1 atom stereocenters. The highest BCUT2D eigenvalue weighted by Gasteiger charge is 2.32. The SMILES string of the molecule is O=S(=O)(c1ccc(Cl)cc1)N1CC(O)Cc2ccccc21. The van der Waals surface area contributed by atoms with E-state index in [4.69, 9.17) is 11.6 Å². The number of hydrogen-bond donors (Lipinski definition) is 1. The van der Waals surface area contributed by atoms with Crippen LogP contribution >= 0.6 is 11.6 Å². The van der Waals surface area contributed by atoms with Gasteiger partial charge >= 0.3 is 0 Å². The third-order valence-electron chi connectivity index (χ3n) is 3.49. The number of rotatable bonds is 2. The van der Waals surface area contributed by atoms with Crippen molar-refractivity contribution in [3.05, 3.63) is 59.1 Å². The summed E-state index contributed by atoms with van der Waals surface area (Å²) in [6.45, 7) is 0.0575. The van der Waals surface area contributed by atoms with Crippen LogP contribution in [0.1, 0.15) is 5.56 Å². The molecule has 2 aromatic rings. The van der Waals surface area contributed by atoms with Gasteiger partial charge in [0.05, 0.1) is 23.2 Å². The fourth-order valence-corrected chi connectivity index (χ4v) is 4.16. The molecular formula is C15H14ClNO3S. The Kier molecular flexibility index (Phi) is 3.65. The Balaban J connectivity index is 2.09. The van der Waals surface area contributed by atoms with E-state index in [0.717, 1.165) is 5.56 Å². The molecule has 0 spiro atoms. The molecule has 1 N–H and O–H groups in total. The van der Waals surface area contributed by atoms with Crippen LogP contribution in [0.15, 0.2) is 53.4 Å². The summed E-state index contributed by atoms with van der Waals surface area (Å²) in [4.78, 5) is 0.163. The van der Waals surface area contributed by atoms with E-state index in [0.29, 0.717) is 17.1 Å². The van der Waals surface area contributed by atoms with Crippen molar-refractivity contribution in [3.63, 3.8) is 0 Å². The summed E-state index contributed by atoms with van der Waals surface area (Å²) in [5.74, 6) is 0. The summed E-state index contributed by atoms with van der Waals surface area (Å²) < 4.78 is 26.8. The average Bonchev–Trinajstić information content (AvgIpc) is 2.46. The molecule has 110 valence electrons. The van der Waals surface area contributed by atoms with Gasteiger partial charge in [-0.15, -0.1) is 0 Å². The van der Waals surface area contributed by atoms with Gasteiger partial charge in [0.15, 0.2) is 0 Å². The van der Waals surface area contributed by atoms with Crippen LogP contribution in [0, 0.1) is 0 Å². The average molecular weight is 324 g/mol. The topological polar surface area (TPSA) is 57.6 Å². The highest BCUT2D eigenvalue weighted by molar-refractivity contribution is 7.92. The van der Waals surface area contributed by atoms with E-state index in [2.05, 4.69) is 0 Å². The van der Waals surface area contributed by atoms with Crippen LogP contribution in [0.25, 0.3) is 0 Å². The Hall–Kier alpha value is -1.56. The zero-order valence-corrected chi connectivity index (χ0v) is 12.7. The molecule has 21 heavy (non-hydrogen) atoms. The van der Waals surface area contributed by atoms with Crippen molar-refractivity contribution in [3.8, 4) is 0 Å². The lowest BCUT2D eigenvalue weighted by atomic mass is 10.0. The van der Waals surface area contributed by atoms with Gasteiger partial charge in [0.25, 0.3) is 10.0 Å². The van der Waals surface area contributed by atoms with Crippen molar-refractivity contribution in [2.75, 3.05) is 10.8 Å². The third kappa shape index (κ3) is 2.64. The Morgan fingerprint density at radius 1 is 1.10 bits per heavy atom. The molecule has 0 aliphatic carbocycles. The van der Waals surface area contributed by atoms with Crippen LogP contribution in [0.4, 0.5) is 5.69 Å². The number of aliphatic hydroxyl groups is 1. The second kappa shape index (κ2) is 5.33. The fraction of sp³-hybridized carbons (Fsp3) is 0.200. The predicted molar refractivity (Wildman–Crippen MR) is 82.1 cm³/mol. The van der Waals surface area contributed by atoms with Gasteiger partial charge in [-0.2, -0.15) is 0 Å². The van der Waals surface area contributed by atoms with Gasteiger partial charge in [0, 0.05) is 11.4 Å². The largest absolute Gasteiger partial charge is 0.391 e. The van der Waals surface area contributed by atoms with Gasteiger partial charge in [0.2, 0.25) is 0 Å². The number of fused-ring (bicyclic) bond motifs is 1. The number of para-hydroxylation sites is 1. The molecule has 0 bridgehead atoms. The van der Waals surface area contributed by atoms with E-state index in [1.165, 1.54) is 16.4 Å². The minimum atomic E-state index is -3.71. The molecule has 6 heteroatoms. The van der Waals surface area contributed by atoms with E-state index in [-0.39, 0.29) is 11.4 Å². The van der Waals surface area contributed by atoms with Crippen LogP contribution < -0.4 is 4.31 Å². The number of halogens is 1. The fourth-order valence-electron chi connectivity index (χ4n) is 2.50. The maximum Gasteiger partial charge on any atom is 0.264 e. The van der Waals surface area contributed by atoms with Crippen molar-refractivity contribution in [2.24, 2.45) is 0 Å². The molecule has 1 unspecified atom stereocenters. The molecule has 0 radical (unpaired) electrons. The second-order valence-corrected chi connectivity index (χ2v) is 7.28. The first-order chi connectivity index (χ1) is 9.98. The number of anilines is 1. The zero-order chi connectivity index (χ0) is 15.0. The van der Waals surface area contributed by atoms with Gasteiger partial charge in [-0.05, 0) is 35.9 Å². The zero-order valence-electron chi connectivity index (χ0n) is 11.1. The van der Waals surface area contributed by atoms with Crippen molar-refractivity contribution < 1.29 is 13.5 Å². The second-order valence-electron chi connectivity index (χ2n) is 4.98. The van der Waals surface area contributed by atoms with Gasteiger partial charge in [-0.3, -0.25) is 4.31 Å². The Bertz CT molecular complexity index is 759. The molecule has 0 amide bonds. The van der Waals surface area contributed by atoms with Crippen molar-refractivity contribution in [1.82, 2.24) is 0 Å². The number of nitrogens with zero attached hydrogens (tertiary/aromatic N) is 1. The van der Waals surface area contributed by atoms with Crippen LogP contribution in [0.2, 0.25) is 5.02 Å². The molecule has 4 nitrogen and oxygen atoms in total. The molecule has 0 aromatic heterocycles. The van der Waals surface area contributed by atoms with Crippen LogP contribution in [0.3, 0.4) is 0 Å². The smallest absolute Gasteiger partial charge is 0.264 e. The summed E-state index contributed by atoms with van der Waals surface area (Å²) in [5, 5.41) is 10.4. The first-order valence-corrected chi connectivity index (χ1v) is 8.34. The summed E-state index contributed by atoms with van der Waals surface area (Å²) in [6, 6.07) is 13.3. The van der Waals surface area contributed by atoms with Gasteiger partial charge in [-0.1, -0.05) is 29.8 Å².